The molecule has 42 heavy (non-hydrogen) atoms. The van der Waals surface area contributed by atoms with Gasteiger partial charge in [0.15, 0.2) is 11.6 Å². The molecule has 0 unspecified atom stereocenters. The topological polar surface area (TPSA) is 32.8 Å². The summed E-state index contributed by atoms with van der Waals surface area (Å²) in [4.78, 5) is 17.8. The average Bonchev–Trinajstić information content (AvgIpc) is 3.37. The third-order valence-corrected chi connectivity index (χ3v) is 8.73. The van der Waals surface area contributed by atoms with E-state index in [0.29, 0.717) is 25.3 Å². The Labute approximate surface area is 269 Å². The van der Waals surface area contributed by atoms with E-state index >= 15 is 0 Å². The SMILES string of the molecule is Br.CCCCCCCCCCCCCCOc1ccc(CCN(C(C)=O)c2ccc(CN3C=C(C)SC3)cc2)cc1F. The molecule has 0 radical (unpaired) electrons. The van der Waals surface area contributed by atoms with Crippen LogP contribution in [0.25, 0.3) is 0 Å². The molecule has 1 aliphatic rings. The number of unbranched alkanes of at least 4 members (excludes halogenated alkanes) is 11. The van der Waals surface area contributed by atoms with E-state index in [1.54, 1.807) is 24.0 Å². The van der Waals surface area contributed by atoms with Gasteiger partial charge in [-0.2, -0.15) is 0 Å². The van der Waals surface area contributed by atoms with Crippen LogP contribution in [0.3, 0.4) is 0 Å². The number of hydrogen-bond donors (Lipinski definition) is 0. The maximum absolute atomic E-state index is 14.7. The summed E-state index contributed by atoms with van der Waals surface area (Å²) in [6, 6.07) is 13.4. The number of thioether (sulfide) groups is 1. The van der Waals surface area contributed by atoms with Gasteiger partial charge in [-0.15, -0.1) is 28.7 Å². The first-order chi connectivity index (χ1) is 20.0. The number of nitrogens with zero attached hydrogens (tertiary/aromatic N) is 2. The van der Waals surface area contributed by atoms with Crippen LogP contribution < -0.4 is 9.64 Å². The van der Waals surface area contributed by atoms with Crippen LogP contribution in [-0.4, -0.2) is 29.8 Å². The third kappa shape index (κ3) is 13.5. The highest BCUT2D eigenvalue weighted by molar-refractivity contribution is 8.93. The molecule has 7 heteroatoms. The van der Waals surface area contributed by atoms with Crippen molar-refractivity contribution in [2.24, 2.45) is 0 Å². The second-order valence-electron chi connectivity index (χ2n) is 11.3. The number of amides is 1. The van der Waals surface area contributed by atoms with E-state index in [1.165, 1.54) is 74.7 Å². The number of hydrogen-bond acceptors (Lipinski definition) is 4. The number of rotatable bonds is 20. The molecule has 4 nitrogen and oxygen atoms in total. The van der Waals surface area contributed by atoms with Gasteiger partial charge in [0.25, 0.3) is 0 Å². The minimum absolute atomic E-state index is 0. The Morgan fingerprint density at radius 2 is 1.50 bits per heavy atom. The van der Waals surface area contributed by atoms with Gasteiger partial charge in [-0.3, -0.25) is 4.79 Å². The van der Waals surface area contributed by atoms with Gasteiger partial charge in [0, 0.05) is 31.9 Å². The fraction of sp³-hybridized carbons (Fsp3) is 0.571. The van der Waals surface area contributed by atoms with Crippen LogP contribution in [0.2, 0.25) is 0 Å². The molecule has 1 aliphatic heterocycles. The van der Waals surface area contributed by atoms with Gasteiger partial charge in [-0.05, 0) is 60.1 Å². The molecule has 0 atom stereocenters. The Balaban J connectivity index is 0.00000616. The summed E-state index contributed by atoms with van der Waals surface area (Å²) in [6.45, 7) is 7.88. The second kappa shape index (κ2) is 20.8. The summed E-state index contributed by atoms with van der Waals surface area (Å²) in [5.74, 6) is 0.948. The fourth-order valence-corrected chi connectivity index (χ4v) is 6.03. The van der Waals surface area contributed by atoms with Crippen molar-refractivity contribution < 1.29 is 13.9 Å². The van der Waals surface area contributed by atoms with E-state index in [-0.39, 0.29) is 28.7 Å². The molecule has 2 aromatic rings. The lowest BCUT2D eigenvalue weighted by molar-refractivity contribution is -0.116. The fourth-order valence-electron chi connectivity index (χ4n) is 5.27. The maximum atomic E-state index is 14.7. The number of allylic oxidation sites excluding steroid dienone is 1. The Morgan fingerprint density at radius 1 is 0.905 bits per heavy atom. The average molecular weight is 664 g/mol. The van der Waals surface area contributed by atoms with Gasteiger partial charge in [0.1, 0.15) is 0 Å². The summed E-state index contributed by atoms with van der Waals surface area (Å²) in [5, 5.41) is 0. The van der Waals surface area contributed by atoms with Crippen molar-refractivity contribution >= 4 is 40.3 Å². The summed E-state index contributed by atoms with van der Waals surface area (Å²) in [7, 11) is 0. The molecule has 0 N–H and O–H groups in total. The zero-order valence-electron chi connectivity index (χ0n) is 26.0. The zero-order chi connectivity index (χ0) is 29.3. The molecule has 3 rings (SSSR count). The van der Waals surface area contributed by atoms with Crippen LogP contribution in [0.5, 0.6) is 5.75 Å². The van der Waals surface area contributed by atoms with E-state index in [2.05, 4.69) is 37.1 Å². The van der Waals surface area contributed by atoms with Gasteiger partial charge in [0.05, 0.1) is 12.5 Å². The van der Waals surface area contributed by atoms with Gasteiger partial charge >= 0.3 is 0 Å². The molecule has 1 amide bonds. The first-order valence-corrected chi connectivity index (χ1v) is 16.8. The number of carbonyl (C=O) groups excluding carboxylic acids is 1. The summed E-state index contributed by atoms with van der Waals surface area (Å²) in [6.07, 6.45) is 18.3. The van der Waals surface area contributed by atoms with E-state index < -0.39 is 0 Å². The quantitative estimate of drug-likeness (QED) is 0.132. The molecule has 0 aromatic heterocycles. The van der Waals surface area contributed by atoms with Crippen LogP contribution in [-0.2, 0) is 17.8 Å². The first-order valence-electron chi connectivity index (χ1n) is 15.8. The summed E-state index contributed by atoms with van der Waals surface area (Å²) in [5.41, 5.74) is 2.94. The molecule has 0 spiro atoms. The lowest BCUT2D eigenvalue weighted by Gasteiger charge is -2.22. The number of anilines is 1. The Morgan fingerprint density at radius 3 is 2.05 bits per heavy atom. The largest absolute Gasteiger partial charge is 0.491 e. The van der Waals surface area contributed by atoms with Crippen molar-refractivity contribution in [3.63, 3.8) is 0 Å². The third-order valence-electron chi connectivity index (χ3n) is 7.71. The van der Waals surface area contributed by atoms with Gasteiger partial charge in [-0.25, -0.2) is 4.39 Å². The van der Waals surface area contributed by atoms with Crippen molar-refractivity contribution in [3.8, 4) is 5.75 Å². The van der Waals surface area contributed by atoms with Gasteiger partial charge in [-0.1, -0.05) is 95.8 Å². The molecule has 2 aromatic carbocycles. The zero-order valence-corrected chi connectivity index (χ0v) is 28.6. The minimum Gasteiger partial charge on any atom is -0.491 e. The monoisotopic (exact) mass is 662 g/mol. The highest BCUT2D eigenvalue weighted by Crippen LogP contribution is 2.27. The van der Waals surface area contributed by atoms with Crippen molar-refractivity contribution in [1.82, 2.24) is 4.90 Å². The second-order valence-corrected chi connectivity index (χ2v) is 12.5. The smallest absolute Gasteiger partial charge is 0.223 e. The Kier molecular flexibility index (Phi) is 18.0. The van der Waals surface area contributed by atoms with E-state index in [4.69, 9.17) is 4.74 Å². The van der Waals surface area contributed by atoms with Crippen molar-refractivity contribution in [1.29, 1.82) is 0 Å². The highest BCUT2D eigenvalue weighted by Gasteiger charge is 2.14. The lowest BCUT2D eigenvalue weighted by atomic mass is 10.1. The maximum Gasteiger partial charge on any atom is 0.223 e. The molecule has 0 saturated heterocycles. The number of carbonyl (C=O) groups is 1. The predicted molar refractivity (Wildman–Crippen MR) is 183 cm³/mol. The van der Waals surface area contributed by atoms with Crippen LogP contribution in [0, 0.1) is 5.82 Å². The van der Waals surface area contributed by atoms with Crippen LogP contribution in [0.1, 0.15) is 109 Å². The number of halogens is 2. The van der Waals surface area contributed by atoms with E-state index in [1.807, 2.05) is 30.0 Å². The molecular weight excluding hydrogens is 611 g/mol. The number of benzene rings is 2. The van der Waals surface area contributed by atoms with Crippen molar-refractivity contribution in [2.75, 3.05) is 23.9 Å². The minimum atomic E-state index is -0.329. The summed E-state index contributed by atoms with van der Waals surface area (Å²) < 4.78 is 20.5. The number of ether oxygens (including phenoxy) is 1. The standard InChI is InChI=1S/C35H51FN2O2S.BrH/c1-4-5-6-7-8-9-10-11-12-13-14-15-24-40-35-21-18-31(25-34(35)36)22-23-38(30(3)39)33-19-16-32(17-20-33)27-37-26-29(2)41-28-37;/h16-21,25-26H,4-15,22-24,27-28H2,1-3H3;1H. The first kappa shape index (κ1) is 36.2. The lowest BCUT2D eigenvalue weighted by Crippen LogP contribution is -2.30. The summed E-state index contributed by atoms with van der Waals surface area (Å²) >= 11 is 1.85. The normalized spacial score (nSPS) is 12.7. The van der Waals surface area contributed by atoms with Crippen molar-refractivity contribution in [3.05, 3.63) is 70.5 Å². The Bertz CT molecular complexity index is 1080. The Hall–Kier alpha value is -1.99. The van der Waals surface area contributed by atoms with Crippen LogP contribution in [0.15, 0.2) is 53.6 Å². The molecule has 0 aliphatic carbocycles. The molecule has 0 bridgehead atoms. The molecular formula is C35H52BrFN2O2S. The van der Waals surface area contributed by atoms with Gasteiger partial charge < -0.3 is 14.5 Å². The van der Waals surface area contributed by atoms with Gasteiger partial charge in [0.2, 0.25) is 5.91 Å². The predicted octanol–water partition coefficient (Wildman–Crippen LogP) is 10.4. The highest BCUT2D eigenvalue weighted by atomic mass is 79.9. The molecule has 1 heterocycles. The van der Waals surface area contributed by atoms with Crippen LogP contribution >= 0.6 is 28.7 Å². The van der Waals surface area contributed by atoms with Crippen LogP contribution in [0.4, 0.5) is 10.1 Å². The van der Waals surface area contributed by atoms with E-state index in [0.717, 1.165) is 36.5 Å². The van der Waals surface area contributed by atoms with Crippen molar-refractivity contribution in [2.45, 2.75) is 111 Å². The van der Waals surface area contributed by atoms with E-state index in [9.17, 15) is 9.18 Å². The molecule has 0 fully saturated rings. The molecule has 0 saturated carbocycles. The molecule has 234 valence electrons.